The molecule has 2 atom stereocenters. The van der Waals surface area contributed by atoms with Crippen LogP contribution in [0.3, 0.4) is 0 Å². The minimum Gasteiger partial charge on any atom is -0.491 e. The van der Waals surface area contributed by atoms with Crippen LogP contribution in [0.2, 0.25) is 0 Å². The molecule has 2 aromatic heterocycles. The smallest absolute Gasteiger partial charge is 0.164 e. The number of likely N-dealkylation sites (N-methyl/N-ethyl adjacent to an activating group) is 2. The van der Waals surface area contributed by atoms with Crippen molar-refractivity contribution in [3.8, 4) is 34.3 Å². The first-order valence-corrected chi connectivity index (χ1v) is 25.0. The van der Waals surface area contributed by atoms with E-state index in [1.54, 1.807) is 14.1 Å². The number of aliphatic hydroxyl groups excluding tert-OH is 3. The van der Waals surface area contributed by atoms with Crippen LogP contribution in [-0.2, 0) is 14.2 Å². The van der Waals surface area contributed by atoms with Crippen LogP contribution in [0.15, 0.2) is 54.6 Å². The molecule has 9 rings (SSSR count). The van der Waals surface area contributed by atoms with Crippen molar-refractivity contribution in [1.29, 1.82) is 0 Å². The normalized spacial score (nSPS) is 17.6. The van der Waals surface area contributed by atoms with Crippen LogP contribution in [0.25, 0.3) is 22.8 Å². The Balaban J connectivity index is 0.000000207. The van der Waals surface area contributed by atoms with Crippen LogP contribution >= 0.6 is 0 Å². The van der Waals surface area contributed by atoms with Gasteiger partial charge in [0.25, 0.3) is 0 Å². The monoisotopic (exact) mass is 961 g/mol. The van der Waals surface area contributed by atoms with Crippen molar-refractivity contribution in [2.45, 2.75) is 96.5 Å². The second-order valence-corrected chi connectivity index (χ2v) is 17.3. The Hall–Kier alpha value is -4.92. The Labute approximate surface area is 409 Å². The highest BCUT2D eigenvalue weighted by atomic mass is 16.5. The number of nitrogens with zero attached hydrogens (tertiary/aromatic N) is 6. The summed E-state index contributed by atoms with van der Waals surface area (Å²) in [6, 6.07) is 17.7. The third-order valence-corrected chi connectivity index (χ3v) is 11.5. The summed E-state index contributed by atoms with van der Waals surface area (Å²) in [5.41, 5.74) is 8.70. The fourth-order valence-corrected chi connectivity index (χ4v) is 7.51. The molecule has 2 unspecified atom stereocenters. The second kappa shape index (κ2) is 30.6. The molecule has 69 heavy (non-hydrogen) atoms. The third-order valence-electron chi connectivity index (χ3n) is 11.5. The average Bonchev–Trinajstić information content (AvgIpc) is 3.73. The summed E-state index contributed by atoms with van der Waals surface area (Å²) < 4.78 is 26.8. The highest BCUT2D eigenvalue weighted by molar-refractivity contribution is 5.66. The molecule has 0 bridgehead atoms. The number of piperidine rings is 1. The number of benzene rings is 2. The van der Waals surface area contributed by atoms with Crippen LogP contribution in [0.5, 0.6) is 11.5 Å². The lowest BCUT2D eigenvalue weighted by atomic mass is 10.1. The van der Waals surface area contributed by atoms with Gasteiger partial charge < -0.3 is 70.5 Å². The topological polar surface area (TPSA) is 227 Å². The van der Waals surface area contributed by atoms with Crippen LogP contribution in [0, 0.1) is 6.92 Å². The molecule has 18 heteroatoms. The van der Waals surface area contributed by atoms with Gasteiger partial charge in [-0.15, -0.1) is 0 Å². The fourth-order valence-electron chi connectivity index (χ4n) is 7.51. The van der Waals surface area contributed by atoms with Crippen molar-refractivity contribution < 1.29 is 39.0 Å². The van der Waals surface area contributed by atoms with Crippen LogP contribution in [0.4, 0.5) is 23.3 Å². The molecule has 2 aromatic carbocycles. The number of rotatable bonds is 16. The Bertz CT molecular complexity index is 2020. The Morgan fingerprint density at radius 1 is 0.667 bits per heavy atom. The summed E-state index contributed by atoms with van der Waals surface area (Å²) in [5.74, 6) is 5.55. The molecule has 1 aliphatic carbocycles. The molecular formula is C51H80N10O8. The quantitative estimate of drug-likeness (QED) is 0.0777. The predicted octanol–water partition coefficient (Wildman–Crippen LogP) is 5.09. The van der Waals surface area contributed by atoms with Gasteiger partial charge in [-0.25, -0.2) is 19.9 Å². The number of morpholine rings is 1. The fraction of sp³-hybridized carbons (Fsp3) is 0.608. The Morgan fingerprint density at radius 3 is 1.65 bits per heavy atom. The van der Waals surface area contributed by atoms with Crippen molar-refractivity contribution in [1.82, 2.24) is 30.6 Å². The Morgan fingerprint density at radius 2 is 1.17 bits per heavy atom. The number of nitrogens with two attached hydrogens (primary N) is 1. The van der Waals surface area contributed by atoms with E-state index in [0.717, 1.165) is 99.6 Å². The summed E-state index contributed by atoms with van der Waals surface area (Å²) in [7, 11) is 3.58. The standard InChI is InChI=1S/C21H29N5O3.C20H29N5O3.2C4H8O.C2H6/c1-22-13-17(27)14-29-18-4-2-3-15(11-18)21-24-19(23-16-5-6-16)12-20(25-21)26-7-9-28-10-8-26;1-13-18(21)23-19(24-20(13)25-8-6-15(26)7-9-25)14-4-3-5-17(10-14)28-12-16(27)11-22-2;2*1-2-4-5-3-1;1-2/h2-4,11-12,16-17,22,27H,5-10,13-14H2,1H3,(H,23,24,25);3-5,10,15-16,22,26-27H,6-9,11-12H2,1-2H3,(H2,21,23,24);2*1-4H2;1-2H3. The minimum atomic E-state index is -0.582. The van der Waals surface area contributed by atoms with Gasteiger partial charge in [-0.3, -0.25) is 0 Å². The molecule has 18 nitrogen and oxygen atoms in total. The van der Waals surface area contributed by atoms with Gasteiger partial charge in [-0.2, -0.15) is 0 Å². The molecule has 4 aromatic rings. The number of hydrogen-bond donors (Lipinski definition) is 7. The highest BCUT2D eigenvalue weighted by Crippen LogP contribution is 2.31. The Kier molecular flexibility index (Phi) is 24.4. The van der Waals surface area contributed by atoms with Crippen molar-refractivity contribution in [2.75, 3.05) is 127 Å². The molecule has 6 heterocycles. The van der Waals surface area contributed by atoms with E-state index >= 15 is 0 Å². The first-order valence-electron chi connectivity index (χ1n) is 25.0. The zero-order chi connectivity index (χ0) is 49.2. The van der Waals surface area contributed by atoms with E-state index in [2.05, 4.69) is 30.7 Å². The van der Waals surface area contributed by atoms with Gasteiger partial charge >= 0.3 is 0 Å². The summed E-state index contributed by atoms with van der Waals surface area (Å²) in [5, 5.41) is 38.8. The molecule has 0 radical (unpaired) electrons. The van der Waals surface area contributed by atoms with Crippen LogP contribution < -0.4 is 41.0 Å². The zero-order valence-corrected chi connectivity index (χ0v) is 41.7. The van der Waals surface area contributed by atoms with Crippen molar-refractivity contribution in [3.05, 3.63) is 60.2 Å². The maximum absolute atomic E-state index is 9.87. The highest BCUT2D eigenvalue weighted by Gasteiger charge is 2.24. The lowest BCUT2D eigenvalue weighted by Crippen LogP contribution is -2.37. The number of aromatic nitrogens is 4. The molecule has 8 N–H and O–H groups in total. The van der Waals surface area contributed by atoms with E-state index in [1.807, 2.05) is 75.4 Å². The number of anilines is 4. The number of aliphatic hydroxyl groups is 3. The molecule has 5 fully saturated rings. The molecule has 1 saturated carbocycles. The van der Waals surface area contributed by atoms with E-state index in [1.165, 1.54) is 38.5 Å². The SMILES string of the molecule is C1CCOC1.C1CCOC1.CC.CNCC(O)COc1cccc(-c2nc(N)c(C)c(N3CCC(O)CC3)n2)c1.CNCC(O)COc1cccc(-c2nc(NC3CC3)cc(N3CCOCC3)n2)c1. The van der Waals surface area contributed by atoms with Gasteiger partial charge in [0.15, 0.2) is 11.6 Å². The van der Waals surface area contributed by atoms with E-state index in [4.69, 9.17) is 44.4 Å². The van der Waals surface area contributed by atoms with Gasteiger partial charge in [-0.1, -0.05) is 38.1 Å². The molecule has 382 valence electrons. The third kappa shape index (κ3) is 19.4. The molecule has 0 spiro atoms. The minimum absolute atomic E-state index is 0.197. The maximum atomic E-state index is 9.87. The molecule has 5 aliphatic rings. The first kappa shape index (κ1) is 55.0. The van der Waals surface area contributed by atoms with Gasteiger partial charge in [0, 0.05) is 94.5 Å². The number of nitrogens with one attached hydrogen (secondary N) is 3. The summed E-state index contributed by atoms with van der Waals surface area (Å²) >= 11 is 0. The second-order valence-electron chi connectivity index (χ2n) is 17.3. The molecule has 0 amide bonds. The predicted molar refractivity (Wildman–Crippen MR) is 274 cm³/mol. The van der Waals surface area contributed by atoms with Crippen LogP contribution in [-0.4, -0.2) is 166 Å². The van der Waals surface area contributed by atoms with Gasteiger partial charge in [0.1, 0.15) is 60.2 Å². The largest absolute Gasteiger partial charge is 0.491 e. The number of hydrogen-bond acceptors (Lipinski definition) is 18. The van der Waals surface area contributed by atoms with E-state index in [-0.39, 0.29) is 19.3 Å². The van der Waals surface area contributed by atoms with E-state index in [0.29, 0.717) is 61.3 Å². The van der Waals surface area contributed by atoms with E-state index in [9.17, 15) is 15.3 Å². The van der Waals surface area contributed by atoms with Gasteiger partial charge in [0.05, 0.1) is 19.3 Å². The molecular weight excluding hydrogens is 881 g/mol. The summed E-state index contributed by atoms with van der Waals surface area (Å²) in [6.07, 6.45) is 7.53. The van der Waals surface area contributed by atoms with Crippen molar-refractivity contribution in [3.63, 3.8) is 0 Å². The molecule has 4 aliphatic heterocycles. The lowest BCUT2D eigenvalue weighted by Gasteiger charge is -2.31. The van der Waals surface area contributed by atoms with E-state index < -0.39 is 12.2 Å². The summed E-state index contributed by atoms with van der Waals surface area (Å²) in [6.45, 7) is 15.8. The number of ether oxygens (including phenoxy) is 5. The van der Waals surface area contributed by atoms with Gasteiger partial charge in [-0.05, 0) is 96.7 Å². The average molecular weight is 961 g/mol. The van der Waals surface area contributed by atoms with Crippen molar-refractivity contribution in [2.24, 2.45) is 0 Å². The lowest BCUT2D eigenvalue weighted by molar-refractivity contribution is 0.108. The zero-order valence-electron chi connectivity index (χ0n) is 41.7. The van der Waals surface area contributed by atoms with Crippen LogP contribution in [0.1, 0.15) is 70.8 Å². The maximum Gasteiger partial charge on any atom is 0.164 e. The number of nitrogen functional groups attached to an aromatic ring is 1. The van der Waals surface area contributed by atoms with Gasteiger partial charge in [0.2, 0.25) is 0 Å². The summed E-state index contributed by atoms with van der Waals surface area (Å²) in [4.78, 5) is 23.2. The van der Waals surface area contributed by atoms with Crippen molar-refractivity contribution >= 4 is 23.3 Å². The molecule has 4 saturated heterocycles. The first-order chi connectivity index (χ1) is 33.7.